The molecule has 3 heterocycles. The van der Waals surface area contributed by atoms with Crippen molar-refractivity contribution in [3.63, 3.8) is 0 Å². The third-order valence-corrected chi connectivity index (χ3v) is 6.93. The van der Waals surface area contributed by atoms with Crippen LogP contribution < -0.4 is 5.32 Å². The van der Waals surface area contributed by atoms with Crippen molar-refractivity contribution >= 4 is 11.8 Å². The lowest BCUT2D eigenvalue weighted by atomic mass is 9.90. The molecule has 9 heteroatoms. The highest BCUT2D eigenvalue weighted by atomic mass is 19.1. The summed E-state index contributed by atoms with van der Waals surface area (Å²) in [5.41, 5.74) is 1.17. The lowest BCUT2D eigenvalue weighted by Gasteiger charge is -2.36. The van der Waals surface area contributed by atoms with Gasteiger partial charge in [0, 0.05) is 17.5 Å². The van der Waals surface area contributed by atoms with Gasteiger partial charge in [0.05, 0.1) is 24.9 Å². The number of rotatable bonds is 5. The fourth-order valence-electron chi connectivity index (χ4n) is 4.95. The molecule has 7 nitrogen and oxygen atoms in total. The molecular weight excluding hydrogens is 420 g/mol. The standard InChI is InChI=1S/C23H25F2N3O4/c1-10-4-17(25)15(7-16(10)24)21(14-8-31-9-14)26-22(29)19-6-13-5-18(13)28(19)23(30)20-11(2)27-32-12(20)3/h4,7,13-14,18-19,21H,5-6,8-9H2,1-3H3,(H,26,29)/t13-,18-,19-,21-/m1/s1. The Kier molecular flexibility index (Phi) is 5.03. The molecule has 2 amide bonds. The molecule has 3 aliphatic rings. The molecule has 2 saturated heterocycles. The molecule has 1 aliphatic carbocycles. The summed E-state index contributed by atoms with van der Waals surface area (Å²) in [7, 11) is 0. The largest absolute Gasteiger partial charge is 0.381 e. The molecule has 1 aromatic carbocycles. The van der Waals surface area contributed by atoms with Gasteiger partial charge in [0.2, 0.25) is 5.91 Å². The van der Waals surface area contributed by atoms with E-state index in [0.717, 1.165) is 18.6 Å². The maximum atomic E-state index is 14.7. The minimum absolute atomic E-state index is 0.00555. The van der Waals surface area contributed by atoms with E-state index in [1.54, 1.807) is 18.7 Å². The Labute approximate surface area is 184 Å². The summed E-state index contributed by atoms with van der Waals surface area (Å²) in [6.07, 6.45) is 1.40. The lowest BCUT2D eigenvalue weighted by Crippen LogP contribution is -2.51. The molecule has 1 saturated carbocycles. The average Bonchev–Trinajstić information content (AvgIpc) is 3.23. The van der Waals surface area contributed by atoms with Crippen LogP contribution in [-0.2, 0) is 9.53 Å². The minimum atomic E-state index is -0.737. The smallest absolute Gasteiger partial charge is 0.260 e. The molecule has 3 fully saturated rings. The zero-order valence-corrected chi connectivity index (χ0v) is 18.2. The van der Waals surface area contributed by atoms with Gasteiger partial charge in [-0.2, -0.15) is 0 Å². The highest BCUT2D eigenvalue weighted by molar-refractivity contribution is 6.00. The van der Waals surface area contributed by atoms with Gasteiger partial charge in [-0.25, -0.2) is 8.78 Å². The van der Waals surface area contributed by atoms with E-state index in [0.29, 0.717) is 36.7 Å². The number of carbonyl (C=O) groups is 2. The SMILES string of the molecule is Cc1cc(F)c([C@H](NC(=O)[C@H]2C[C@H]3C[C@H]3N2C(=O)c2c(C)noc2C)C2COC2)cc1F. The van der Waals surface area contributed by atoms with Crippen LogP contribution in [0.25, 0.3) is 0 Å². The van der Waals surface area contributed by atoms with E-state index in [-0.39, 0.29) is 40.8 Å². The van der Waals surface area contributed by atoms with Crippen molar-refractivity contribution in [2.45, 2.75) is 51.7 Å². The van der Waals surface area contributed by atoms with Gasteiger partial charge >= 0.3 is 0 Å². The number of nitrogens with one attached hydrogen (secondary N) is 1. The molecule has 2 aromatic rings. The van der Waals surface area contributed by atoms with Gasteiger partial charge in [-0.3, -0.25) is 9.59 Å². The number of likely N-dealkylation sites (tertiary alicyclic amines) is 1. The number of aryl methyl sites for hydroxylation is 3. The third-order valence-electron chi connectivity index (χ3n) is 6.93. The predicted molar refractivity (Wildman–Crippen MR) is 109 cm³/mol. The molecular formula is C23H25F2N3O4. The Hall–Kier alpha value is -2.81. The number of nitrogens with zero attached hydrogens (tertiary/aromatic N) is 2. The summed E-state index contributed by atoms with van der Waals surface area (Å²) in [6, 6.07) is 0.876. The van der Waals surface area contributed by atoms with Crippen molar-refractivity contribution in [3.8, 4) is 0 Å². The predicted octanol–water partition coefficient (Wildman–Crippen LogP) is 2.98. The fourth-order valence-corrected chi connectivity index (χ4v) is 4.95. The maximum absolute atomic E-state index is 14.7. The normalized spacial score (nSPS) is 25.3. The van der Waals surface area contributed by atoms with E-state index in [1.807, 2.05) is 0 Å². The van der Waals surface area contributed by atoms with Crippen molar-refractivity contribution in [1.82, 2.24) is 15.4 Å². The minimum Gasteiger partial charge on any atom is -0.381 e. The van der Waals surface area contributed by atoms with E-state index in [2.05, 4.69) is 10.5 Å². The Bertz CT molecular complexity index is 1080. The first-order valence-electron chi connectivity index (χ1n) is 10.9. The second-order valence-electron chi connectivity index (χ2n) is 9.13. The summed E-state index contributed by atoms with van der Waals surface area (Å²) in [5, 5.41) is 6.76. The van der Waals surface area contributed by atoms with E-state index in [1.165, 1.54) is 6.92 Å². The molecule has 32 heavy (non-hydrogen) atoms. The molecule has 1 N–H and O–H groups in total. The molecule has 0 unspecified atom stereocenters. The number of hydrogen-bond donors (Lipinski definition) is 1. The quantitative estimate of drug-likeness (QED) is 0.765. The summed E-state index contributed by atoms with van der Waals surface area (Å²) in [6.45, 7) is 5.55. The van der Waals surface area contributed by atoms with Crippen LogP contribution in [0, 0.1) is 44.2 Å². The summed E-state index contributed by atoms with van der Waals surface area (Å²) in [5.74, 6) is -1.22. The zero-order chi connectivity index (χ0) is 22.7. The van der Waals surface area contributed by atoms with Crippen molar-refractivity contribution in [3.05, 3.63) is 51.9 Å². The Balaban J connectivity index is 1.41. The summed E-state index contributed by atoms with van der Waals surface area (Å²) in [4.78, 5) is 28.3. The number of hydrogen-bond acceptors (Lipinski definition) is 5. The number of aromatic nitrogens is 1. The summed E-state index contributed by atoms with van der Waals surface area (Å²) < 4.78 is 39.3. The molecule has 2 aliphatic heterocycles. The molecule has 0 radical (unpaired) electrons. The second-order valence-corrected chi connectivity index (χ2v) is 9.13. The number of amides is 2. The summed E-state index contributed by atoms with van der Waals surface area (Å²) >= 11 is 0. The van der Waals surface area contributed by atoms with Gasteiger partial charge in [0.1, 0.15) is 29.0 Å². The average molecular weight is 445 g/mol. The maximum Gasteiger partial charge on any atom is 0.260 e. The highest BCUT2D eigenvalue weighted by Gasteiger charge is 2.57. The number of ether oxygens (including phenoxy) is 1. The van der Waals surface area contributed by atoms with Gasteiger partial charge in [0.15, 0.2) is 0 Å². The van der Waals surface area contributed by atoms with Gasteiger partial charge in [-0.05, 0) is 57.2 Å². The lowest BCUT2D eigenvalue weighted by molar-refractivity contribution is -0.128. The highest BCUT2D eigenvalue weighted by Crippen LogP contribution is 2.49. The van der Waals surface area contributed by atoms with E-state index < -0.39 is 23.7 Å². The first-order chi connectivity index (χ1) is 15.3. The molecule has 0 bridgehead atoms. The Morgan fingerprint density at radius 1 is 1.16 bits per heavy atom. The van der Waals surface area contributed by atoms with E-state index in [9.17, 15) is 18.4 Å². The first kappa shape index (κ1) is 21.1. The van der Waals surface area contributed by atoms with Gasteiger partial charge in [0.25, 0.3) is 5.91 Å². The van der Waals surface area contributed by atoms with Crippen LogP contribution in [0.2, 0.25) is 0 Å². The Morgan fingerprint density at radius 2 is 1.91 bits per heavy atom. The van der Waals surface area contributed by atoms with Crippen LogP contribution in [0.15, 0.2) is 16.7 Å². The first-order valence-corrected chi connectivity index (χ1v) is 10.9. The van der Waals surface area contributed by atoms with Gasteiger partial charge in [-0.15, -0.1) is 0 Å². The van der Waals surface area contributed by atoms with Crippen LogP contribution in [0.5, 0.6) is 0 Å². The molecule has 4 atom stereocenters. The monoisotopic (exact) mass is 445 g/mol. The molecule has 1 aromatic heterocycles. The van der Waals surface area contributed by atoms with Crippen LogP contribution in [0.1, 0.15) is 51.8 Å². The van der Waals surface area contributed by atoms with Crippen LogP contribution in [0.4, 0.5) is 8.78 Å². The number of carbonyl (C=O) groups excluding carboxylic acids is 2. The van der Waals surface area contributed by atoms with E-state index in [4.69, 9.17) is 9.26 Å². The number of benzene rings is 1. The number of piperidine rings is 1. The number of fused-ring (bicyclic) bond motifs is 1. The number of halogens is 2. The van der Waals surface area contributed by atoms with Crippen LogP contribution >= 0.6 is 0 Å². The van der Waals surface area contributed by atoms with Gasteiger partial charge in [-0.1, -0.05) is 5.16 Å². The van der Waals surface area contributed by atoms with Crippen LogP contribution in [0.3, 0.4) is 0 Å². The van der Waals surface area contributed by atoms with Crippen LogP contribution in [-0.4, -0.2) is 47.2 Å². The fraction of sp³-hybridized carbons (Fsp3) is 0.522. The topological polar surface area (TPSA) is 84.7 Å². The third kappa shape index (κ3) is 3.39. The zero-order valence-electron chi connectivity index (χ0n) is 18.2. The molecule has 170 valence electrons. The van der Waals surface area contributed by atoms with Crippen molar-refractivity contribution < 1.29 is 27.6 Å². The van der Waals surface area contributed by atoms with Crippen molar-refractivity contribution in [1.29, 1.82) is 0 Å². The van der Waals surface area contributed by atoms with Crippen molar-refractivity contribution in [2.24, 2.45) is 11.8 Å². The Morgan fingerprint density at radius 3 is 2.53 bits per heavy atom. The van der Waals surface area contributed by atoms with Gasteiger partial charge < -0.3 is 19.5 Å². The molecule has 5 rings (SSSR count). The van der Waals surface area contributed by atoms with E-state index >= 15 is 0 Å². The molecule has 0 spiro atoms. The van der Waals surface area contributed by atoms with Crippen molar-refractivity contribution in [2.75, 3.05) is 13.2 Å². The second kappa shape index (κ2) is 7.65.